The zero-order valence-corrected chi connectivity index (χ0v) is 7.08. The van der Waals surface area contributed by atoms with Crippen molar-refractivity contribution in [2.24, 2.45) is 0 Å². The first-order valence-corrected chi connectivity index (χ1v) is 3.35. The van der Waals surface area contributed by atoms with Crippen LogP contribution in [-0.4, -0.2) is 20.5 Å². The van der Waals surface area contributed by atoms with Crippen molar-refractivity contribution in [1.82, 2.24) is 0 Å². The van der Waals surface area contributed by atoms with Crippen molar-refractivity contribution in [3.8, 4) is 0 Å². The third kappa shape index (κ3) is 4.57. The van der Waals surface area contributed by atoms with Crippen LogP contribution in [-0.2, 0) is 4.74 Å². The maximum Gasteiger partial charge on any atom is 0.150 e. The van der Waals surface area contributed by atoms with Crippen LogP contribution < -0.4 is 0 Å². The summed E-state index contributed by atoms with van der Waals surface area (Å²) in [6.45, 7) is 0. The third-order valence-corrected chi connectivity index (χ3v) is 1.01. The topological polar surface area (TPSA) is 26.3 Å². The van der Waals surface area contributed by atoms with E-state index in [0.717, 1.165) is 0 Å². The summed E-state index contributed by atoms with van der Waals surface area (Å²) in [6.07, 6.45) is 0.680. The molecule has 0 heterocycles. The lowest BCUT2D eigenvalue weighted by atomic mass is 10.2. The Bertz CT molecular complexity index is 218. The van der Waals surface area contributed by atoms with E-state index in [4.69, 9.17) is 0 Å². The molecular weight excluding hydrogens is 159 g/mol. The molecule has 0 N–H and O–H groups in total. The second-order valence-electron chi connectivity index (χ2n) is 2.08. The smallest absolute Gasteiger partial charge is 0.150 e. The SMILES string of the molecule is COC.O=Cc1ccc(F)cc1. The van der Waals surface area contributed by atoms with Gasteiger partial charge in [0.1, 0.15) is 12.1 Å². The Hall–Kier alpha value is -1.22. The van der Waals surface area contributed by atoms with E-state index >= 15 is 0 Å². The van der Waals surface area contributed by atoms with Crippen molar-refractivity contribution in [3.63, 3.8) is 0 Å². The molecule has 0 bridgehead atoms. The van der Waals surface area contributed by atoms with Crippen LogP contribution in [0, 0.1) is 5.82 Å². The van der Waals surface area contributed by atoms with E-state index in [0.29, 0.717) is 11.8 Å². The highest BCUT2D eigenvalue weighted by Crippen LogP contribution is 1.98. The van der Waals surface area contributed by atoms with E-state index in [2.05, 4.69) is 4.74 Å². The number of carbonyl (C=O) groups is 1. The predicted octanol–water partition coefficient (Wildman–Crippen LogP) is 1.90. The van der Waals surface area contributed by atoms with E-state index in [9.17, 15) is 9.18 Å². The second kappa shape index (κ2) is 6.49. The van der Waals surface area contributed by atoms with Crippen LogP contribution in [0.15, 0.2) is 24.3 Å². The standard InChI is InChI=1S/C7H5FO.C2H6O/c8-7-3-1-6(5-9)2-4-7;1-3-2/h1-5H;1-2H3. The zero-order valence-electron chi connectivity index (χ0n) is 7.08. The minimum atomic E-state index is -0.319. The van der Waals surface area contributed by atoms with Gasteiger partial charge in [-0.15, -0.1) is 0 Å². The monoisotopic (exact) mass is 170 g/mol. The number of methoxy groups -OCH3 is 1. The molecule has 0 atom stereocenters. The van der Waals surface area contributed by atoms with Gasteiger partial charge in [0.15, 0.2) is 0 Å². The van der Waals surface area contributed by atoms with Gasteiger partial charge in [0.2, 0.25) is 0 Å². The van der Waals surface area contributed by atoms with Crippen molar-refractivity contribution in [3.05, 3.63) is 35.6 Å². The van der Waals surface area contributed by atoms with Gasteiger partial charge in [-0.05, 0) is 24.3 Å². The molecule has 0 radical (unpaired) electrons. The van der Waals surface area contributed by atoms with Crippen LogP contribution in [0.1, 0.15) is 10.4 Å². The van der Waals surface area contributed by atoms with Gasteiger partial charge in [-0.3, -0.25) is 4.79 Å². The summed E-state index contributed by atoms with van der Waals surface area (Å²) in [5.74, 6) is -0.319. The summed E-state index contributed by atoms with van der Waals surface area (Å²) in [6, 6.07) is 5.37. The fourth-order valence-electron chi connectivity index (χ4n) is 0.541. The highest BCUT2D eigenvalue weighted by atomic mass is 19.1. The van der Waals surface area contributed by atoms with Crippen molar-refractivity contribution in [2.75, 3.05) is 14.2 Å². The number of halogens is 1. The van der Waals surface area contributed by atoms with E-state index in [-0.39, 0.29) is 5.82 Å². The minimum absolute atomic E-state index is 0.319. The molecule has 0 saturated carbocycles. The minimum Gasteiger partial charge on any atom is -0.388 e. The fourth-order valence-corrected chi connectivity index (χ4v) is 0.541. The molecule has 0 unspecified atom stereocenters. The van der Waals surface area contributed by atoms with Gasteiger partial charge in [-0.1, -0.05) is 0 Å². The van der Waals surface area contributed by atoms with Crippen LogP contribution in [0.3, 0.4) is 0 Å². The van der Waals surface area contributed by atoms with Gasteiger partial charge in [0.05, 0.1) is 0 Å². The van der Waals surface area contributed by atoms with Gasteiger partial charge in [0.25, 0.3) is 0 Å². The molecule has 2 nitrogen and oxygen atoms in total. The Labute approximate surface area is 71.0 Å². The lowest BCUT2D eigenvalue weighted by Crippen LogP contribution is -1.77. The molecule has 1 aromatic carbocycles. The van der Waals surface area contributed by atoms with Crippen LogP contribution in [0.4, 0.5) is 4.39 Å². The van der Waals surface area contributed by atoms with E-state index in [1.54, 1.807) is 14.2 Å². The normalized spacial score (nSPS) is 8.25. The first-order valence-electron chi connectivity index (χ1n) is 3.35. The van der Waals surface area contributed by atoms with Crippen molar-refractivity contribution in [1.29, 1.82) is 0 Å². The predicted molar refractivity (Wildman–Crippen MR) is 44.7 cm³/mol. The van der Waals surface area contributed by atoms with Crippen molar-refractivity contribution < 1.29 is 13.9 Å². The highest BCUT2D eigenvalue weighted by Gasteiger charge is 1.87. The summed E-state index contributed by atoms with van der Waals surface area (Å²) in [7, 11) is 3.25. The molecule has 0 aliphatic carbocycles. The van der Waals surface area contributed by atoms with E-state index < -0.39 is 0 Å². The van der Waals surface area contributed by atoms with Crippen molar-refractivity contribution in [2.45, 2.75) is 0 Å². The lowest BCUT2D eigenvalue weighted by molar-refractivity contribution is 0.112. The molecule has 0 aliphatic heterocycles. The Morgan fingerprint density at radius 3 is 2.00 bits per heavy atom. The van der Waals surface area contributed by atoms with Crippen LogP contribution in [0.25, 0.3) is 0 Å². The molecule has 0 aliphatic rings. The molecule has 66 valence electrons. The number of hydrogen-bond acceptors (Lipinski definition) is 2. The Morgan fingerprint density at radius 2 is 1.67 bits per heavy atom. The molecule has 0 aromatic heterocycles. The maximum atomic E-state index is 12.1. The van der Waals surface area contributed by atoms with Crippen LogP contribution in [0.5, 0.6) is 0 Å². The fraction of sp³-hybridized carbons (Fsp3) is 0.222. The largest absolute Gasteiger partial charge is 0.388 e. The molecule has 0 spiro atoms. The van der Waals surface area contributed by atoms with Gasteiger partial charge in [-0.2, -0.15) is 0 Å². The molecule has 0 saturated heterocycles. The molecule has 1 aromatic rings. The number of carbonyl (C=O) groups excluding carboxylic acids is 1. The van der Waals surface area contributed by atoms with Crippen LogP contribution >= 0.6 is 0 Å². The summed E-state index contributed by atoms with van der Waals surface area (Å²) in [5, 5.41) is 0. The molecule has 12 heavy (non-hydrogen) atoms. The third-order valence-electron chi connectivity index (χ3n) is 1.01. The van der Waals surface area contributed by atoms with Gasteiger partial charge in [-0.25, -0.2) is 4.39 Å². The summed E-state index contributed by atoms with van der Waals surface area (Å²) in [5.41, 5.74) is 0.497. The second-order valence-corrected chi connectivity index (χ2v) is 2.08. The average Bonchev–Trinajstić information content (AvgIpc) is 2.07. The number of aldehydes is 1. The quantitative estimate of drug-likeness (QED) is 0.602. The van der Waals surface area contributed by atoms with E-state index in [1.807, 2.05) is 0 Å². The van der Waals surface area contributed by atoms with E-state index in [1.165, 1.54) is 24.3 Å². The van der Waals surface area contributed by atoms with Gasteiger partial charge < -0.3 is 4.74 Å². The number of benzene rings is 1. The molecule has 1 rings (SSSR count). The summed E-state index contributed by atoms with van der Waals surface area (Å²) in [4.78, 5) is 10.00. The van der Waals surface area contributed by atoms with Crippen LogP contribution in [0.2, 0.25) is 0 Å². The maximum absolute atomic E-state index is 12.1. The number of hydrogen-bond donors (Lipinski definition) is 0. The number of rotatable bonds is 1. The molecule has 0 fully saturated rings. The zero-order chi connectivity index (χ0) is 9.40. The Balaban J connectivity index is 0.000000354. The Morgan fingerprint density at radius 1 is 1.25 bits per heavy atom. The molecular formula is C9H11FO2. The summed E-state index contributed by atoms with van der Waals surface area (Å²) >= 11 is 0. The van der Waals surface area contributed by atoms with Gasteiger partial charge >= 0.3 is 0 Å². The average molecular weight is 170 g/mol. The first kappa shape index (κ1) is 10.8. The Kier molecular flexibility index (Phi) is 5.83. The lowest BCUT2D eigenvalue weighted by Gasteiger charge is -1.86. The molecule has 3 heteroatoms. The van der Waals surface area contributed by atoms with Crippen molar-refractivity contribution >= 4 is 6.29 Å². The van der Waals surface area contributed by atoms with Gasteiger partial charge in [0, 0.05) is 19.8 Å². The number of ether oxygens (including phenoxy) is 1. The first-order chi connectivity index (χ1) is 5.74. The highest BCUT2D eigenvalue weighted by molar-refractivity contribution is 5.74. The molecule has 0 amide bonds. The summed E-state index contributed by atoms with van der Waals surface area (Å²) < 4.78 is 16.4.